The molecule has 0 fully saturated rings. The Kier molecular flexibility index (Phi) is 8.93. The molecule has 3 aromatic carbocycles. The molecule has 206 valence electrons. The van der Waals surface area contributed by atoms with Crippen LogP contribution >= 0.6 is 12.3 Å². The van der Waals surface area contributed by atoms with Gasteiger partial charge in [0.15, 0.2) is 22.2 Å². The Bertz CT molecular complexity index is 1710. The Balaban J connectivity index is 2.01. The molecule has 0 atom stereocenters. The van der Waals surface area contributed by atoms with Crippen LogP contribution < -0.4 is 5.73 Å². The molecule has 0 bridgehead atoms. The molecule has 0 radical (unpaired) electrons. The second-order valence-corrected chi connectivity index (χ2v) is 12.6. The van der Waals surface area contributed by atoms with Gasteiger partial charge in [-0.25, -0.2) is 13.7 Å². The largest absolute Gasteiger partial charge is 0.507 e. The maximum atomic E-state index is 12.4. The molecule has 20 heteroatoms. The smallest absolute Gasteiger partial charge is 0.296 e. The van der Waals surface area contributed by atoms with Crippen molar-refractivity contribution in [3.05, 3.63) is 42.5 Å². The van der Waals surface area contributed by atoms with E-state index in [1.807, 2.05) is 0 Å². The molecular weight excluding hydrogens is 594 g/mol. The first-order chi connectivity index (χ1) is 17.6. The summed E-state index contributed by atoms with van der Waals surface area (Å²) in [5.74, 6) is -1.21. The minimum atomic E-state index is -4.95. The minimum Gasteiger partial charge on any atom is -0.507 e. The lowest BCUT2D eigenvalue weighted by Crippen LogP contribution is -2.10. The van der Waals surface area contributed by atoms with E-state index >= 15 is 0 Å². The van der Waals surface area contributed by atoms with Crippen LogP contribution in [-0.4, -0.2) is 57.1 Å². The normalized spacial score (nSPS) is 12.9. The zero-order chi connectivity index (χ0) is 28.3. The summed E-state index contributed by atoms with van der Waals surface area (Å²) < 4.78 is 98.9. The molecule has 6 N–H and O–H groups in total. The molecule has 0 amide bonds. The van der Waals surface area contributed by atoms with E-state index in [1.165, 1.54) is 24.3 Å². The number of hydrogen-bond acceptors (Lipinski definition) is 15. The number of rotatable bonds is 11. The van der Waals surface area contributed by atoms with Crippen LogP contribution in [0, 0.1) is 0 Å². The standard InChI is InChI=1S/C18H17N3O13S4/c19-17-15(38(29,30)31)8-10-7-13(37(26,27)28)9-14(22)16(10)18(17)21-20-11-1-3-12(4-2-11)36(24,25)6-5-32-35-34-33-23/h1-4,7-9,22-23H,5-6,19H2,(H,26,27,28)(H,29,30,31). The van der Waals surface area contributed by atoms with Crippen LogP contribution in [0.2, 0.25) is 0 Å². The Morgan fingerprint density at radius 2 is 1.55 bits per heavy atom. The number of nitrogen functional groups attached to an aromatic ring is 1. The van der Waals surface area contributed by atoms with E-state index in [4.69, 9.17) is 15.2 Å². The van der Waals surface area contributed by atoms with Gasteiger partial charge in [0.05, 0.1) is 38.9 Å². The molecule has 0 aromatic heterocycles. The van der Waals surface area contributed by atoms with E-state index < -0.39 is 62.7 Å². The van der Waals surface area contributed by atoms with Gasteiger partial charge in [-0.3, -0.25) is 13.3 Å². The van der Waals surface area contributed by atoms with Gasteiger partial charge in [0.25, 0.3) is 20.2 Å². The summed E-state index contributed by atoms with van der Waals surface area (Å²) in [7, 11) is -13.6. The number of aromatic hydroxyl groups is 1. The fourth-order valence-electron chi connectivity index (χ4n) is 3.09. The summed E-state index contributed by atoms with van der Waals surface area (Å²) >= 11 is 0.216. The van der Waals surface area contributed by atoms with Crippen LogP contribution in [0.15, 0.2) is 67.4 Å². The predicted molar refractivity (Wildman–Crippen MR) is 131 cm³/mol. The molecule has 0 saturated carbocycles. The quantitative estimate of drug-likeness (QED) is 0.0397. The second kappa shape index (κ2) is 11.4. The van der Waals surface area contributed by atoms with Gasteiger partial charge < -0.3 is 10.8 Å². The number of sulfone groups is 1. The van der Waals surface area contributed by atoms with Crippen LogP contribution in [0.5, 0.6) is 5.75 Å². The molecule has 0 saturated heterocycles. The van der Waals surface area contributed by atoms with Crippen molar-refractivity contribution in [2.75, 3.05) is 18.1 Å². The second-order valence-electron chi connectivity index (χ2n) is 7.17. The first-order valence-corrected chi connectivity index (χ1v) is 14.9. The van der Waals surface area contributed by atoms with Crippen molar-refractivity contribution in [1.29, 1.82) is 0 Å². The Labute approximate surface area is 219 Å². The number of anilines is 1. The number of phenols is 1. The fraction of sp³-hybridized carbons (Fsp3) is 0.111. The van der Waals surface area contributed by atoms with E-state index in [0.717, 1.165) is 12.1 Å². The lowest BCUT2D eigenvalue weighted by Gasteiger charge is -2.12. The highest BCUT2D eigenvalue weighted by Crippen LogP contribution is 2.43. The highest BCUT2D eigenvalue weighted by molar-refractivity contribution is 7.91. The van der Waals surface area contributed by atoms with Gasteiger partial charge >= 0.3 is 0 Å². The SMILES string of the molecule is Nc1c(S(=O)(=O)O)cc2cc(S(=O)(=O)O)cc(O)c2c1N=Nc1ccc(S(=O)(=O)CCOSOOO)cc1. The van der Waals surface area contributed by atoms with Gasteiger partial charge in [-0.2, -0.15) is 21.9 Å². The predicted octanol–water partition coefficient (Wildman–Crippen LogP) is 2.81. The first kappa shape index (κ1) is 29.6. The minimum absolute atomic E-state index is 0.0584. The van der Waals surface area contributed by atoms with Crippen molar-refractivity contribution >= 4 is 70.2 Å². The van der Waals surface area contributed by atoms with Crippen LogP contribution in [0.25, 0.3) is 10.8 Å². The zero-order valence-electron chi connectivity index (χ0n) is 18.5. The zero-order valence-corrected chi connectivity index (χ0v) is 21.8. The van der Waals surface area contributed by atoms with E-state index in [0.29, 0.717) is 6.07 Å². The summed E-state index contributed by atoms with van der Waals surface area (Å²) in [5, 5.41) is 28.8. The van der Waals surface area contributed by atoms with E-state index in [1.54, 1.807) is 0 Å². The molecule has 3 rings (SSSR count). The highest BCUT2D eigenvalue weighted by atomic mass is 32.2. The molecule has 0 aliphatic heterocycles. The van der Waals surface area contributed by atoms with Crippen LogP contribution in [0.4, 0.5) is 17.1 Å². The average molecular weight is 612 g/mol. The Morgan fingerprint density at radius 3 is 2.13 bits per heavy atom. The van der Waals surface area contributed by atoms with Crippen molar-refractivity contribution in [2.24, 2.45) is 10.2 Å². The highest BCUT2D eigenvalue weighted by Gasteiger charge is 2.24. The van der Waals surface area contributed by atoms with E-state index in [2.05, 4.69) is 19.6 Å². The van der Waals surface area contributed by atoms with E-state index in [9.17, 15) is 39.5 Å². The van der Waals surface area contributed by atoms with Crippen molar-refractivity contribution < 1.29 is 58.3 Å². The van der Waals surface area contributed by atoms with Crippen molar-refractivity contribution in [2.45, 2.75) is 14.7 Å². The summed E-state index contributed by atoms with van der Waals surface area (Å²) in [5.41, 5.74) is 4.82. The monoisotopic (exact) mass is 611 g/mol. The third-order valence-corrected chi connectivity index (χ3v) is 8.54. The summed E-state index contributed by atoms with van der Waals surface area (Å²) in [6, 6.07) is 7.15. The van der Waals surface area contributed by atoms with Gasteiger partial charge in [0, 0.05) is 6.07 Å². The maximum Gasteiger partial charge on any atom is 0.296 e. The number of fused-ring (bicyclic) bond motifs is 1. The summed E-state index contributed by atoms with van der Waals surface area (Å²) in [6.07, 6.45) is 0. The van der Waals surface area contributed by atoms with Crippen molar-refractivity contribution in [1.82, 2.24) is 0 Å². The fourth-order valence-corrected chi connectivity index (χ4v) is 5.68. The van der Waals surface area contributed by atoms with E-state index in [-0.39, 0.29) is 40.3 Å². The number of hydrogen-bond donors (Lipinski definition) is 5. The topological polar surface area (TPSA) is 262 Å². The van der Waals surface area contributed by atoms with Gasteiger partial charge in [-0.05, 0) is 41.8 Å². The van der Waals surface area contributed by atoms with Crippen LogP contribution in [-0.2, 0) is 43.6 Å². The number of nitrogens with zero attached hydrogens (tertiary/aromatic N) is 2. The molecule has 0 spiro atoms. The summed E-state index contributed by atoms with van der Waals surface area (Å²) in [6.45, 7) is -0.308. The summed E-state index contributed by atoms with van der Waals surface area (Å²) in [4.78, 5) is -1.76. The van der Waals surface area contributed by atoms with Gasteiger partial charge in [-0.1, -0.05) is 5.04 Å². The van der Waals surface area contributed by atoms with Gasteiger partial charge in [0.2, 0.25) is 0 Å². The molecule has 3 aromatic rings. The lowest BCUT2D eigenvalue weighted by atomic mass is 10.1. The molecule has 0 aliphatic rings. The van der Waals surface area contributed by atoms with Crippen molar-refractivity contribution in [3.8, 4) is 5.75 Å². The van der Waals surface area contributed by atoms with Crippen LogP contribution in [0.1, 0.15) is 0 Å². The molecule has 0 heterocycles. The Hall–Kier alpha value is -2.92. The number of benzene rings is 3. The molecule has 38 heavy (non-hydrogen) atoms. The molecule has 0 aliphatic carbocycles. The number of nitrogens with two attached hydrogens (primary N) is 1. The lowest BCUT2D eigenvalue weighted by molar-refractivity contribution is -0.434. The Morgan fingerprint density at radius 1 is 0.895 bits per heavy atom. The maximum absolute atomic E-state index is 12.4. The third kappa shape index (κ3) is 6.93. The third-order valence-electron chi connectivity index (χ3n) is 4.74. The average Bonchev–Trinajstić information content (AvgIpc) is 2.82. The molecular formula is C18H17N3O13S4. The van der Waals surface area contributed by atoms with Crippen molar-refractivity contribution in [3.63, 3.8) is 0 Å². The number of azo groups is 1. The van der Waals surface area contributed by atoms with Gasteiger partial charge in [-0.15, -0.1) is 9.45 Å². The molecule has 0 unspecified atom stereocenters. The van der Waals surface area contributed by atoms with Gasteiger partial charge in [0.1, 0.15) is 16.3 Å². The number of phenolic OH excluding ortho intramolecular Hbond substituents is 1. The molecule has 16 nitrogen and oxygen atoms in total. The first-order valence-electron chi connectivity index (χ1n) is 9.70. The van der Waals surface area contributed by atoms with Crippen LogP contribution in [0.3, 0.4) is 0 Å².